The Bertz CT molecular complexity index is 494. The van der Waals surface area contributed by atoms with Crippen LogP contribution >= 0.6 is 0 Å². The summed E-state index contributed by atoms with van der Waals surface area (Å²) < 4.78 is 21.0. The molecular formula is C15H27NO11. The van der Waals surface area contributed by atoms with Crippen molar-refractivity contribution in [2.75, 3.05) is 20.3 Å². The molecule has 10 atom stereocenters. The Balaban J connectivity index is 2.16. The second-order valence-electron chi connectivity index (χ2n) is 6.54. The molecule has 2 aliphatic heterocycles. The molecule has 27 heavy (non-hydrogen) atoms. The minimum absolute atomic E-state index is 0.106. The van der Waals surface area contributed by atoms with Gasteiger partial charge < -0.3 is 54.9 Å². The zero-order valence-corrected chi connectivity index (χ0v) is 14.9. The fraction of sp³-hybridized carbons (Fsp3) is 0.933. The predicted molar refractivity (Wildman–Crippen MR) is 85.0 cm³/mol. The second kappa shape index (κ2) is 9.52. The normalized spacial score (nSPS) is 45.5. The molecule has 2 aliphatic rings. The van der Waals surface area contributed by atoms with Gasteiger partial charge in [-0.25, -0.2) is 0 Å². The number of carbonyl (C=O) groups is 1. The summed E-state index contributed by atoms with van der Waals surface area (Å²) >= 11 is 0. The Morgan fingerprint density at radius 3 is 2.22 bits per heavy atom. The maximum atomic E-state index is 11.3. The average Bonchev–Trinajstić information content (AvgIpc) is 2.62. The zero-order chi connectivity index (χ0) is 20.3. The number of amides is 1. The van der Waals surface area contributed by atoms with E-state index in [2.05, 4.69) is 5.32 Å². The third kappa shape index (κ3) is 4.92. The van der Waals surface area contributed by atoms with Gasteiger partial charge in [-0.05, 0) is 0 Å². The van der Waals surface area contributed by atoms with Crippen LogP contribution in [0.5, 0.6) is 0 Å². The topological polar surface area (TPSA) is 187 Å². The van der Waals surface area contributed by atoms with Crippen molar-refractivity contribution >= 4 is 5.91 Å². The van der Waals surface area contributed by atoms with E-state index in [-0.39, 0.29) is 6.61 Å². The van der Waals surface area contributed by atoms with E-state index < -0.39 is 73.9 Å². The lowest BCUT2D eigenvalue weighted by atomic mass is 9.95. The first-order valence-electron chi connectivity index (χ1n) is 8.44. The first kappa shape index (κ1) is 22.4. The van der Waals surface area contributed by atoms with Gasteiger partial charge in [0, 0.05) is 14.0 Å². The maximum Gasteiger partial charge on any atom is 0.217 e. The molecule has 0 bridgehead atoms. The van der Waals surface area contributed by atoms with Gasteiger partial charge in [-0.2, -0.15) is 0 Å². The molecule has 0 spiro atoms. The highest BCUT2D eigenvalue weighted by atomic mass is 16.7. The van der Waals surface area contributed by atoms with Crippen molar-refractivity contribution in [3.05, 3.63) is 0 Å². The molecule has 12 nitrogen and oxygen atoms in total. The number of methoxy groups -OCH3 is 1. The van der Waals surface area contributed by atoms with Crippen LogP contribution in [0.25, 0.3) is 0 Å². The Morgan fingerprint density at radius 1 is 1.00 bits per heavy atom. The smallest absolute Gasteiger partial charge is 0.217 e. The van der Waals surface area contributed by atoms with E-state index in [1.807, 2.05) is 0 Å². The SMILES string of the molecule is COCC1OC(OC2C(CO)OC(O)C(NC(C)=O)C2O)C(O)C(O)C1O. The van der Waals surface area contributed by atoms with Gasteiger partial charge in [0.05, 0.1) is 13.2 Å². The van der Waals surface area contributed by atoms with Gasteiger partial charge in [0.2, 0.25) is 5.91 Å². The third-order valence-electron chi connectivity index (χ3n) is 4.53. The average molecular weight is 397 g/mol. The number of hydrogen-bond acceptors (Lipinski definition) is 11. The van der Waals surface area contributed by atoms with Crippen LogP contribution in [0.2, 0.25) is 0 Å². The van der Waals surface area contributed by atoms with Gasteiger partial charge in [-0.1, -0.05) is 0 Å². The van der Waals surface area contributed by atoms with Gasteiger partial charge in [-0.15, -0.1) is 0 Å². The molecule has 0 radical (unpaired) electrons. The standard InChI is InChI=1S/C15H27NO11/c1-5(18)16-8-10(20)13(6(3-17)25-14(8)23)27-15-12(22)11(21)9(19)7(26-15)4-24-2/h6-15,17,19-23H,3-4H2,1-2H3,(H,16,18). The van der Waals surface area contributed by atoms with Crippen molar-refractivity contribution in [2.45, 2.75) is 68.3 Å². The van der Waals surface area contributed by atoms with E-state index in [1.54, 1.807) is 0 Å². The van der Waals surface area contributed by atoms with Crippen molar-refractivity contribution in [2.24, 2.45) is 0 Å². The molecule has 0 saturated carbocycles. The van der Waals surface area contributed by atoms with Crippen LogP contribution < -0.4 is 5.32 Å². The van der Waals surface area contributed by atoms with E-state index in [0.717, 1.165) is 0 Å². The fourth-order valence-electron chi connectivity index (χ4n) is 3.13. The molecule has 0 aromatic rings. The van der Waals surface area contributed by atoms with E-state index in [4.69, 9.17) is 18.9 Å². The summed E-state index contributed by atoms with van der Waals surface area (Å²) in [7, 11) is 1.35. The molecule has 2 saturated heterocycles. The van der Waals surface area contributed by atoms with Crippen LogP contribution in [0.1, 0.15) is 6.92 Å². The van der Waals surface area contributed by atoms with Crippen LogP contribution in [0.4, 0.5) is 0 Å². The Hall–Kier alpha value is -0.930. The molecule has 0 aromatic heterocycles. The molecule has 0 aliphatic carbocycles. The number of hydrogen-bond donors (Lipinski definition) is 7. The van der Waals surface area contributed by atoms with Gasteiger partial charge in [0.1, 0.15) is 48.8 Å². The molecule has 2 fully saturated rings. The minimum Gasteiger partial charge on any atom is -0.394 e. The van der Waals surface area contributed by atoms with Crippen LogP contribution in [-0.2, 0) is 23.7 Å². The lowest BCUT2D eigenvalue weighted by molar-refractivity contribution is -0.345. The number of rotatable bonds is 6. The van der Waals surface area contributed by atoms with Crippen LogP contribution in [-0.4, -0.2) is 118 Å². The van der Waals surface area contributed by atoms with Crippen LogP contribution in [0.15, 0.2) is 0 Å². The predicted octanol–water partition coefficient (Wildman–Crippen LogP) is -4.60. The Morgan fingerprint density at radius 2 is 1.67 bits per heavy atom. The molecule has 158 valence electrons. The van der Waals surface area contributed by atoms with E-state index >= 15 is 0 Å². The summed E-state index contributed by atoms with van der Waals surface area (Å²) in [6.45, 7) is 0.417. The van der Waals surface area contributed by atoms with Gasteiger partial charge in [0.15, 0.2) is 12.6 Å². The van der Waals surface area contributed by atoms with Crippen LogP contribution in [0.3, 0.4) is 0 Å². The van der Waals surface area contributed by atoms with Crippen molar-refractivity contribution in [1.82, 2.24) is 5.32 Å². The zero-order valence-electron chi connectivity index (χ0n) is 14.9. The molecular weight excluding hydrogens is 370 g/mol. The third-order valence-corrected chi connectivity index (χ3v) is 4.53. The number of carbonyl (C=O) groups excluding carboxylic acids is 1. The molecule has 0 aromatic carbocycles. The Labute approximate surface area is 155 Å². The highest BCUT2D eigenvalue weighted by Crippen LogP contribution is 2.28. The number of aliphatic hydroxyl groups excluding tert-OH is 6. The lowest BCUT2D eigenvalue weighted by Crippen LogP contribution is -2.67. The molecule has 12 heteroatoms. The minimum atomic E-state index is -1.68. The van der Waals surface area contributed by atoms with E-state index in [9.17, 15) is 35.4 Å². The molecule has 10 unspecified atom stereocenters. The summed E-state index contributed by atoms with van der Waals surface area (Å²) in [5, 5.41) is 62.2. The summed E-state index contributed by atoms with van der Waals surface area (Å²) in [6, 6.07) is -1.26. The second-order valence-corrected chi connectivity index (χ2v) is 6.54. The van der Waals surface area contributed by atoms with Gasteiger partial charge in [0.25, 0.3) is 0 Å². The number of nitrogens with one attached hydrogen (secondary N) is 1. The van der Waals surface area contributed by atoms with Crippen molar-refractivity contribution in [1.29, 1.82) is 0 Å². The molecule has 7 N–H and O–H groups in total. The highest BCUT2D eigenvalue weighted by Gasteiger charge is 2.50. The van der Waals surface area contributed by atoms with Gasteiger partial charge in [-0.3, -0.25) is 4.79 Å². The largest absolute Gasteiger partial charge is 0.394 e. The molecule has 2 heterocycles. The fourth-order valence-corrected chi connectivity index (χ4v) is 3.13. The molecule has 1 amide bonds. The van der Waals surface area contributed by atoms with Crippen LogP contribution in [0, 0.1) is 0 Å². The van der Waals surface area contributed by atoms with Gasteiger partial charge >= 0.3 is 0 Å². The Kier molecular flexibility index (Phi) is 7.88. The summed E-state index contributed by atoms with van der Waals surface area (Å²) in [5.74, 6) is -0.546. The summed E-state index contributed by atoms with van der Waals surface area (Å²) in [6.07, 6.45) is -12.9. The highest BCUT2D eigenvalue weighted by molar-refractivity contribution is 5.73. The lowest BCUT2D eigenvalue weighted by Gasteiger charge is -2.46. The first-order valence-corrected chi connectivity index (χ1v) is 8.44. The van der Waals surface area contributed by atoms with E-state index in [0.29, 0.717) is 0 Å². The maximum absolute atomic E-state index is 11.3. The number of ether oxygens (including phenoxy) is 4. The van der Waals surface area contributed by atoms with Crippen molar-refractivity contribution < 1.29 is 54.4 Å². The first-order chi connectivity index (χ1) is 12.7. The summed E-state index contributed by atoms with van der Waals surface area (Å²) in [4.78, 5) is 11.3. The summed E-state index contributed by atoms with van der Waals surface area (Å²) in [5.41, 5.74) is 0. The van der Waals surface area contributed by atoms with Crippen molar-refractivity contribution in [3.8, 4) is 0 Å². The quantitative estimate of drug-likeness (QED) is 0.228. The monoisotopic (exact) mass is 397 g/mol. The van der Waals surface area contributed by atoms with Crippen molar-refractivity contribution in [3.63, 3.8) is 0 Å². The van der Waals surface area contributed by atoms with E-state index in [1.165, 1.54) is 14.0 Å². The number of aliphatic hydroxyl groups is 6. The molecule has 2 rings (SSSR count).